The van der Waals surface area contributed by atoms with Crippen LogP contribution in [0.15, 0.2) is 66.7 Å². The van der Waals surface area contributed by atoms with Crippen LogP contribution in [0.4, 0.5) is 25.0 Å². The molecule has 0 unspecified atom stereocenters. The molecular weight excluding hydrogens is 350 g/mol. The van der Waals surface area contributed by atoms with Crippen molar-refractivity contribution in [2.24, 2.45) is 0 Å². The van der Waals surface area contributed by atoms with Gasteiger partial charge in [0.15, 0.2) is 11.6 Å². The lowest BCUT2D eigenvalue weighted by atomic mass is 10.0. The number of para-hydroxylation sites is 1. The van der Waals surface area contributed by atoms with Gasteiger partial charge in [-0.25, -0.2) is 13.6 Å². The summed E-state index contributed by atoms with van der Waals surface area (Å²) in [4.78, 5) is 12.3. The summed E-state index contributed by atoms with van der Waals surface area (Å²) < 4.78 is 26.6. The Morgan fingerprint density at radius 3 is 2.41 bits per heavy atom. The van der Waals surface area contributed by atoms with Crippen molar-refractivity contribution in [3.63, 3.8) is 0 Å². The molecule has 27 heavy (non-hydrogen) atoms. The van der Waals surface area contributed by atoms with Crippen molar-refractivity contribution in [2.45, 2.75) is 6.42 Å². The van der Waals surface area contributed by atoms with Crippen LogP contribution >= 0.6 is 0 Å². The number of aliphatic hydroxyl groups is 1. The van der Waals surface area contributed by atoms with E-state index in [0.717, 1.165) is 17.7 Å². The summed E-state index contributed by atoms with van der Waals surface area (Å²) in [5.74, 6) is -1.84. The van der Waals surface area contributed by atoms with E-state index in [1.807, 2.05) is 12.1 Å². The largest absolute Gasteiger partial charge is 0.396 e. The van der Waals surface area contributed by atoms with E-state index >= 15 is 0 Å². The van der Waals surface area contributed by atoms with Crippen LogP contribution in [0.1, 0.15) is 5.56 Å². The number of anilines is 2. The van der Waals surface area contributed by atoms with Gasteiger partial charge in [0.25, 0.3) is 0 Å². The zero-order valence-electron chi connectivity index (χ0n) is 14.4. The predicted octanol–water partition coefficient (Wildman–Crippen LogP) is 4.81. The molecule has 0 saturated carbocycles. The fourth-order valence-electron chi connectivity index (χ4n) is 2.72. The lowest BCUT2D eigenvalue weighted by Gasteiger charge is -2.12. The van der Waals surface area contributed by atoms with Gasteiger partial charge in [-0.05, 0) is 53.4 Å². The van der Waals surface area contributed by atoms with Crippen LogP contribution in [-0.2, 0) is 6.42 Å². The molecule has 0 radical (unpaired) electrons. The van der Waals surface area contributed by atoms with E-state index in [0.29, 0.717) is 28.9 Å². The van der Waals surface area contributed by atoms with E-state index < -0.39 is 17.7 Å². The molecule has 0 saturated heterocycles. The molecule has 0 aliphatic rings. The Bertz CT molecular complexity index is 960. The van der Waals surface area contributed by atoms with Crippen molar-refractivity contribution in [3.05, 3.63) is 83.9 Å². The Morgan fingerprint density at radius 2 is 1.63 bits per heavy atom. The first-order valence-electron chi connectivity index (χ1n) is 8.39. The van der Waals surface area contributed by atoms with Gasteiger partial charge in [-0.15, -0.1) is 0 Å². The molecule has 138 valence electrons. The first kappa shape index (κ1) is 18.5. The third-order valence-electron chi connectivity index (χ3n) is 4.02. The number of rotatable bonds is 5. The molecular formula is C21H18F2N2O2. The van der Waals surface area contributed by atoms with E-state index in [-0.39, 0.29) is 6.61 Å². The average Bonchev–Trinajstić information content (AvgIpc) is 2.66. The number of amides is 2. The number of carbonyl (C=O) groups is 1. The molecule has 2 amide bonds. The Balaban J connectivity index is 1.74. The van der Waals surface area contributed by atoms with Gasteiger partial charge < -0.3 is 15.7 Å². The highest BCUT2D eigenvalue weighted by molar-refractivity contribution is 6.00. The summed E-state index contributed by atoms with van der Waals surface area (Å²) in [6.45, 7) is -0.0173. The van der Waals surface area contributed by atoms with Gasteiger partial charge in [0, 0.05) is 18.0 Å². The van der Waals surface area contributed by atoms with Crippen LogP contribution in [0.2, 0.25) is 0 Å². The number of hydrogen-bond acceptors (Lipinski definition) is 2. The van der Waals surface area contributed by atoms with Crippen molar-refractivity contribution >= 4 is 17.4 Å². The van der Waals surface area contributed by atoms with Crippen molar-refractivity contribution in [3.8, 4) is 11.1 Å². The second-order valence-corrected chi connectivity index (χ2v) is 5.92. The standard InChI is InChI=1S/C21H18F2N2O2/c22-18-9-8-16(13-19(18)23)15-5-3-6-17(12-15)24-21(27)25-20-7-2-1-4-14(20)10-11-26/h1-9,12-13,26H,10-11H2,(H2,24,25,27). The summed E-state index contributed by atoms with van der Waals surface area (Å²) in [5.41, 5.74) is 3.10. The maximum Gasteiger partial charge on any atom is 0.323 e. The normalized spacial score (nSPS) is 10.5. The quantitative estimate of drug-likeness (QED) is 0.605. The molecule has 0 aromatic heterocycles. The third kappa shape index (κ3) is 4.68. The van der Waals surface area contributed by atoms with Crippen LogP contribution < -0.4 is 10.6 Å². The monoisotopic (exact) mass is 368 g/mol. The van der Waals surface area contributed by atoms with Crippen LogP contribution in [0.3, 0.4) is 0 Å². The summed E-state index contributed by atoms with van der Waals surface area (Å²) in [5, 5.41) is 14.6. The van der Waals surface area contributed by atoms with Gasteiger partial charge in [0.2, 0.25) is 0 Å². The maximum absolute atomic E-state index is 13.4. The second kappa shape index (κ2) is 8.42. The van der Waals surface area contributed by atoms with Crippen molar-refractivity contribution in [2.75, 3.05) is 17.2 Å². The minimum Gasteiger partial charge on any atom is -0.396 e. The Hall–Kier alpha value is -3.25. The van der Waals surface area contributed by atoms with E-state index in [9.17, 15) is 13.6 Å². The van der Waals surface area contributed by atoms with Crippen molar-refractivity contribution in [1.82, 2.24) is 0 Å². The SMILES string of the molecule is O=C(Nc1cccc(-c2ccc(F)c(F)c2)c1)Nc1ccccc1CCO. The molecule has 0 bridgehead atoms. The number of aliphatic hydroxyl groups excluding tert-OH is 1. The van der Waals surface area contributed by atoms with Gasteiger partial charge in [-0.2, -0.15) is 0 Å². The van der Waals surface area contributed by atoms with E-state index in [1.54, 1.807) is 36.4 Å². The predicted molar refractivity (Wildman–Crippen MR) is 102 cm³/mol. The molecule has 0 fully saturated rings. The van der Waals surface area contributed by atoms with Gasteiger partial charge in [0.05, 0.1) is 0 Å². The van der Waals surface area contributed by atoms with Gasteiger partial charge in [-0.1, -0.05) is 36.4 Å². The first-order chi connectivity index (χ1) is 13.1. The molecule has 3 aromatic carbocycles. The van der Waals surface area contributed by atoms with Crippen LogP contribution in [0.25, 0.3) is 11.1 Å². The summed E-state index contributed by atoms with van der Waals surface area (Å²) >= 11 is 0. The van der Waals surface area contributed by atoms with Crippen LogP contribution in [-0.4, -0.2) is 17.7 Å². The Labute approximate surface area is 155 Å². The lowest BCUT2D eigenvalue weighted by Crippen LogP contribution is -2.20. The number of carbonyl (C=O) groups excluding carboxylic acids is 1. The third-order valence-corrected chi connectivity index (χ3v) is 4.02. The summed E-state index contributed by atoms with van der Waals surface area (Å²) in [6, 6.07) is 17.2. The molecule has 4 nitrogen and oxygen atoms in total. The maximum atomic E-state index is 13.4. The lowest BCUT2D eigenvalue weighted by molar-refractivity contribution is 0.262. The molecule has 0 aliphatic carbocycles. The van der Waals surface area contributed by atoms with E-state index in [2.05, 4.69) is 10.6 Å². The number of urea groups is 1. The molecule has 0 heterocycles. The number of hydrogen-bond donors (Lipinski definition) is 3. The fraction of sp³-hybridized carbons (Fsp3) is 0.0952. The van der Waals surface area contributed by atoms with Gasteiger partial charge >= 0.3 is 6.03 Å². The van der Waals surface area contributed by atoms with E-state index in [1.165, 1.54) is 6.07 Å². The molecule has 0 spiro atoms. The Morgan fingerprint density at radius 1 is 0.852 bits per heavy atom. The highest BCUT2D eigenvalue weighted by atomic mass is 19.2. The summed E-state index contributed by atoms with van der Waals surface area (Å²) in [6.07, 6.45) is 0.433. The zero-order valence-corrected chi connectivity index (χ0v) is 14.4. The van der Waals surface area contributed by atoms with Gasteiger partial charge in [0.1, 0.15) is 0 Å². The van der Waals surface area contributed by atoms with Crippen LogP contribution in [0.5, 0.6) is 0 Å². The fourth-order valence-corrected chi connectivity index (χ4v) is 2.72. The highest BCUT2D eigenvalue weighted by Gasteiger charge is 2.08. The molecule has 3 rings (SSSR count). The minimum atomic E-state index is -0.927. The molecule has 3 aromatic rings. The van der Waals surface area contributed by atoms with Crippen molar-refractivity contribution < 1.29 is 18.7 Å². The first-order valence-corrected chi connectivity index (χ1v) is 8.39. The number of halogens is 2. The molecule has 6 heteroatoms. The molecule has 0 aliphatic heterocycles. The number of benzene rings is 3. The summed E-state index contributed by atoms with van der Waals surface area (Å²) in [7, 11) is 0. The zero-order chi connectivity index (χ0) is 19.2. The smallest absolute Gasteiger partial charge is 0.323 e. The molecule has 3 N–H and O–H groups in total. The highest BCUT2D eigenvalue weighted by Crippen LogP contribution is 2.24. The van der Waals surface area contributed by atoms with Gasteiger partial charge in [-0.3, -0.25) is 0 Å². The molecule has 0 atom stereocenters. The topological polar surface area (TPSA) is 61.4 Å². The Kier molecular flexibility index (Phi) is 5.78. The average molecular weight is 368 g/mol. The second-order valence-electron chi connectivity index (χ2n) is 5.92. The minimum absolute atomic E-state index is 0.0173. The van der Waals surface area contributed by atoms with Crippen molar-refractivity contribution in [1.29, 1.82) is 0 Å². The van der Waals surface area contributed by atoms with Crippen LogP contribution in [0, 0.1) is 11.6 Å². The number of nitrogens with one attached hydrogen (secondary N) is 2. The van der Waals surface area contributed by atoms with E-state index in [4.69, 9.17) is 5.11 Å².